The molecular weight excluding hydrogens is 186 g/mol. The molecule has 0 spiro atoms. The molecule has 0 amide bonds. The Bertz CT molecular complexity index is 294. The number of likely N-dealkylation sites (N-methyl/N-ethyl adjacent to an activating group) is 2. The van der Waals surface area contributed by atoms with Crippen molar-refractivity contribution in [2.75, 3.05) is 34.2 Å². The molecule has 0 radical (unpaired) electrons. The molecule has 0 aromatic carbocycles. The molecule has 0 aliphatic carbocycles. The molecule has 15 heavy (non-hydrogen) atoms. The van der Waals surface area contributed by atoms with E-state index in [2.05, 4.69) is 18.1 Å². The number of hydrogen-bond donors (Lipinski definition) is 0. The van der Waals surface area contributed by atoms with Gasteiger partial charge < -0.3 is 9.80 Å². The highest BCUT2D eigenvalue weighted by Crippen LogP contribution is 2.02. The zero-order valence-electron chi connectivity index (χ0n) is 9.82. The second kappa shape index (κ2) is 6.86. The molecule has 3 heteroatoms. The van der Waals surface area contributed by atoms with Crippen LogP contribution < -0.4 is 0 Å². The van der Waals surface area contributed by atoms with Crippen molar-refractivity contribution in [3.63, 3.8) is 0 Å². The van der Waals surface area contributed by atoms with E-state index in [9.17, 15) is 0 Å². The zero-order valence-corrected chi connectivity index (χ0v) is 9.82. The van der Waals surface area contributed by atoms with Gasteiger partial charge in [-0.15, -0.1) is 0 Å². The minimum atomic E-state index is 0.442. The Morgan fingerprint density at radius 2 is 1.80 bits per heavy atom. The lowest BCUT2D eigenvalue weighted by atomic mass is 10.2. The second-order valence-electron chi connectivity index (χ2n) is 3.69. The summed E-state index contributed by atoms with van der Waals surface area (Å²) in [5, 5.41) is 8.51. The molecule has 82 valence electrons. The van der Waals surface area contributed by atoms with E-state index in [1.165, 1.54) is 0 Å². The highest BCUT2D eigenvalue weighted by Gasteiger charge is 1.99. The molecule has 0 atom stereocenters. The molecule has 0 rings (SSSR count). The van der Waals surface area contributed by atoms with Gasteiger partial charge in [-0.25, -0.2) is 0 Å². The van der Waals surface area contributed by atoms with Gasteiger partial charge in [0, 0.05) is 31.4 Å². The van der Waals surface area contributed by atoms with E-state index in [0.29, 0.717) is 5.57 Å². The summed E-state index contributed by atoms with van der Waals surface area (Å²) in [6.07, 6.45) is 3.48. The summed E-state index contributed by atoms with van der Waals surface area (Å²) in [7, 11) is 6.04. The van der Waals surface area contributed by atoms with Crippen molar-refractivity contribution < 1.29 is 0 Å². The number of hydrogen-bond acceptors (Lipinski definition) is 3. The Hall–Kier alpha value is -1.53. The number of nitriles is 1. The summed E-state index contributed by atoms with van der Waals surface area (Å²) in [4.78, 5) is 4.16. The van der Waals surface area contributed by atoms with E-state index in [-0.39, 0.29) is 0 Å². The SMILES string of the molecule is C=C(C#N)/C=C\C(=C)N(C)CCN(C)C. The zero-order chi connectivity index (χ0) is 11.8. The maximum atomic E-state index is 8.51. The first-order valence-corrected chi connectivity index (χ1v) is 4.79. The molecule has 3 nitrogen and oxygen atoms in total. The van der Waals surface area contributed by atoms with Crippen molar-refractivity contribution in [1.82, 2.24) is 9.80 Å². The predicted molar refractivity (Wildman–Crippen MR) is 64.2 cm³/mol. The van der Waals surface area contributed by atoms with Crippen LogP contribution in [0.5, 0.6) is 0 Å². The Labute approximate surface area is 92.6 Å². The van der Waals surface area contributed by atoms with Gasteiger partial charge >= 0.3 is 0 Å². The van der Waals surface area contributed by atoms with Gasteiger partial charge in [0.1, 0.15) is 0 Å². The third kappa shape index (κ3) is 6.53. The van der Waals surface area contributed by atoms with Crippen molar-refractivity contribution in [2.24, 2.45) is 0 Å². The molecule has 0 N–H and O–H groups in total. The molecule has 0 aromatic rings. The van der Waals surface area contributed by atoms with Crippen molar-refractivity contribution in [1.29, 1.82) is 5.26 Å². The fourth-order valence-corrected chi connectivity index (χ4v) is 0.855. The largest absolute Gasteiger partial charge is 0.374 e. The van der Waals surface area contributed by atoms with Crippen molar-refractivity contribution in [2.45, 2.75) is 0 Å². The first-order chi connectivity index (χ1) is 6.97. The Morgan fingerprint density at radius 1 is 1.20 bits per heavy atom. The van der Waals surface area contributed by atoms with Gasteiger partial charge in [-0.1, -0.05) is 13.2 Å². The highest BCUT2D eigenvalue weighted by molar-refractivity contribution is 5.33. The normalized spacial score (nSPS) is 10.3. The Balaban J connectivity index is 4.06. The lowest BCUT2D eigenvalue weighted by Crippen LogP contribution is -2.27. The molecule has 0 unspecified atom stereocenters. The predicted octanol–water partition coefficient (Wildman–Crippen LogP) is 1.63. The summed E-state index contributed by atoms with van der Waals surface area (Å²) >= 11 is 0. The van der Waals surface area contributed by atoms with Crippen molar-refractivity contribution in [3.8, 4) is 6.07 Å². The lowest BCUT2D eigenvalue weighted by Gasteiger charge is -2.21. The van der Waals surface area contributed by atoms with Crippen molar-refractivity contribution in [3.05, 3.63) is 36.6 Å². The third-order valence-electron chi connectivity index (χ3n) is 1.99. The average molecular weight is 205 g/mol. The minimum absolute atomic E-state index is 0.442. The van der Waals surface area contributed by atoms with Crippen LogP contribution in [0.4, 0.5) is 0 Å². The van der Waals surface area contributed by atoms with E-state index >= 15 is 0 Å². The average Bonchev–Trinajstić information content (AvgIpc) is 2.21. The molecule has 0 fully saturated rings. The molecule has 0 aliphatic heterocycles. The van der Waals surface area contributed by atoms with Crippen LogP contribution in [0.1, 0.15) is 0 Å². The quantitative estimate of drug-likeness (QED) is 0.487. The number of rotatable bonds is 6. The summed E-state index contributed by atoms with van der Waals surface area (Å²) in [5.41, 5.74) is 1.32. The van der Waals surface area contributed by atoms with Crippen LogP contribution >= 0.6 is 0 Å². The summed E-state index contributed by atoms with van der Waals surface area (Å²) in [6.45, 7) is 9.36. The minimum Gasteiger partial charge on any atom is -0.374 e. The molecule has 0 saturated heterocycles. The van der Waals surface area contributed by atoms with Gasteiger partial charge in [0.2, 0.25) is 0 Å². The second-order valence-corrected chi connectivity index (χ2v) is 3.69. The Kier molecular flexibility index (Phi) is 6.16. The molecular formula is C12H19N3. The van der Waals surface area contributed by atoms with Crippen LogP contribution in [0.25, 0.3) is 0 Å². The fraction of sp³-hybridized carbons (Fsp3) is 0.417. The highest BCUT2D eigenvalue weighted by atomic mass is 15.2. The van der Waals surface area contributed by atoms with E-state index in [4.69, 9.17) is 5.26 Å². The van der Waals surface area contributed by atoms with Gasteiger partial charge in [-0.2, -0.15) is 5.26 Å². The van der Waals surface area contributed by atoms with Crippen LogP contribution in [0.2, 0.25) is 0 Å². The lowest BCUT2D eigenvalue weighted by molar-refractivity contribution is 0.331. The smallest absolute Gasteiger partial charge is 0.0985 e. The van der Waals surface area contributed by atoms with Gasteiger partial charge in [0.15, 0.2) is 0 Å². The van der Waals surface area contributed by atoms with Crippen LogP contribution in [0, 0.1) is 11.3 Å². The number of allylic oxidation sites excluding steroid dienone is 3. The van der Waals surface area contributed by atoms with Gasteiger partial charge in [0.25, 0.3) is 0 Å². The van der Waals surface area contributed by atoms with E-state index < -0.39 is 0 Å². The summed E-state index contributed by atoms with van der Waals surface area (Å²) in [5.74, 6) is 0. The van der Waals surface area contributed by atoms with Gasteiger partial charge in [-0.3, -0.25) is 0 Å². The molecule has 0 aliphatic rings. The van der Waals surface area contributed by atoms with Crippen LogP contribution in [0.3, 0.4) is 0 Å². The summed E-state index contributed by atoms with van der Waals surface area (Å²) < 4.78 is 0. The van der Waals surface area contributed by atoms with Crippen LogP contribution in [-0.4, -0.2) is 44.0 Å². The van der Waals surface area contributed by atoms with Crippen LogP contribution in [0.15, 0.2) is 36.6 Å². The molecule has 0 saturated carbocycles. The molecule has 0 bridgehead atoms. The third-order valence-corrected chi connectivity index (χ3v) is 1.99. The van der Waals surface area contributed by atoms with Crippen molar-refractivity contribution >= 4 is 0 Å². The topological polar surface area (TPSA) is 30.3 Å². The monoisotopic (exact) mass is 205 g/mol. The van der Waals surface area contributed by atoms with Crippen LogP contribution in [-0.2, 0) is 0 Å². The summed E-state index contributed by atoms with van der Waals surface area (Å²) in [6, 6.07) is 1.96. The van der Waals surface area contributed by atoms with Gasteiger partial charge in [0.05, 0.1) is 6.07 Å². The molecule has 0 aromatic heterocycles. The Morgan fingerprint density at radius 3 is 2.27 bits per heavy atom. The van der Waals surface area contributed by atoms with Gasteiger partial charge in [-0.05, 0) is 26.2 Å². The standard InChI is InChI=1S/C12H19N3/c1-11(10-13)6-7-12(2)15(5)9-8-14(3)4/h6-7H,1-2,8-9H2,3-5H3/b7-6-. The maximum Gasteiger partial charge on any atom is 0.0985 e. The maximum absolute atomic E-state index is 8.51. The first-order valence-electron chi connectivity index (χ1n) is 4.79. The fourth-order valence-electron chi connectivity index (χ4n) is 0.855. The number of nitrogens with zero attached hydrogens (tertiary/aromatic N) is 3. The molecule has 0 heterocycles. The van der Waals surface area contributed by atoms with E-state index in [1.807, 2.05) is 32.1 Å². The van der Waals surface area contributed by atoms with E-state index in [0.717, 1.165) is 18.8 Å². The first kappa shape index (κ1) is 13.5. The van der Waals surface area contributed by atoms with E-state index in [1.54, 1.807) is 12.2 Å².